The molecular formula is C22H29N3O4S. The number of rotatable bonds is 9. The van der Waals surface area contributed by atoms with E-state index >= 15 is 0 Å². The van der Waals surface area contributed by atoms with E-state index in [4.69, 9.17) is 4.74 Å². The average molecular weight is 432 g/mol. The molecule has 0 unspecified atom stereocenters. The summed E-state index contributed by atoms with van der Waals surface area (Å²) in [6.45, 7) is 5.52. The number of nitrogens with one attached hydrogen (secondary N) is 1. The van der Waals surface area contributed by atoms with E-state index in [1.807, 2.05) is 25.1 Å². The molecule has 0 atom stereocenters. The SMILES string of the molecule is CCOc1ccccc1C(=O)NCCS(=O)(=O)N1CCN(Cc2ccccc2)CC1. The third-order valence-corrected chi connectivity index (χ3v) is 6.92. The fraction of sp³-hybridized carbons (Fsp3) is 0.409. The third-order valence-electron chi connectivity index (χ3n) is 5.05. The first kappa shape index (κ1) is 22.3. The first-order valence-electron chi connectivity index (χ1n) is 10.2. The van der Waals surface area contributed by atoms with E-state index in [-0.39, 0.29) is 18.2 Å². The fourth-order valence-electron chi connectivity index (χ4n) is 3.46. The monoisotopic (exact) mass is 431 g/mol. The van der Waals surface area contributed by atoms with Crippen molar-refractivity contribution in [1.29, 1.82) is 0 Å². The van der Waals surface area contributed by atoms with Gasteiger partial charge in [0.1, 0.15) is 5.75 Å². The molecule has 30 heavy (non-hydrogen) atoms. The standard InChI is InChI=1S/C22H29N3O4S/c1-2-29-21-11-7-6-10-20(21)22(26)23-12-17-30(27,28)25-15-13-24(14-16-25)18-19-8-4-3-5-9-19/h3-11H,2,12-18H2,1H3,(H,23,26). The molecule has 2 aromatic rings. The van der Waals surface area contributed by atoms with Gasteiger partial charge in [-0.2, -0.15) is 4.31 Å². The van der Waals surface area contributed by atoms with Crippen LogP contribution in [0.25, 0.3) is 0 Å². The molecule has 1 N–H and O–H groups in total. The van der Waals surface area contributed by atoms with Crippen LogP contribution in [0.4, 0.5) is 0 Å². The average Bonchev–Trinajstić information content (AvgIpc) is 2.75. The highest BCUT2D eigenvalue weighted by molar-refractivity contribution is 7.89. The summed E-state index contributed by atoms with van der Waals surface area (Å²) >= 11 is 0. The van der Waals surface area contributed by atoms with Crippen molar-refractivity contribution in [2.75, 3.05) is 45.1 Å². The van der Waals surface area contributed by atoms with Crippen LogP contribution in [-0.2, 0) is 16.6 Å². The van der Waals surface area contributed by atoms with E-state index in [1.165, 1.54) is 9.87 Å². The maximum absolute atomic E-state index is 12.7. The Morgan fingerprint density at radius 1 is 1.00 bits per heavy atom. The first-order chi connectivity index (χ1) is 14.5. The minimum Gasteiger partial charge on any atom is -0.493 e. The summed E-state index contributed by atoms with van der Waals surface area (Å²) in [6.07, 6.45) is 0. The summed E-state index contributed by atoms with van der Waals surface area (Å²) in [5, 5.41) is 2.70. The number of hydrogen-bond donors (Lipinski definition) is 1. The molecule has 0 aliphatic carbocycles. The van der Waals surface area contributed by atoms with Gasteiger partial charge in [0.05, 0.1) is 17.9 Å². The second-order valence-electron chi connectivity index (χ2n) is 7.16. The lowest BCUT2D eigenvalue weighted by atomic mass is 10.2. The largest absolute Gasteiger partial charge is 0.493 e. The minimum absolute atomic E-state index is 0.0614. The van der Waals surface area contributed by atoms with Crippen molar-refractivity contribution in [3.63, 3.8) is 0 Å². The van der Waals surface area contributed by atoms with Gasteiger partial charge < -0.3 is 10.1 Å². The predicted molar refractivity (Wildman–Crippen MR) is 117 cm³/mol. The van der Waals surface area contributed by atoms with Gasteiger partial charge in [-0.3, -0.25) is 9.69 Å². The van der Waals surface area contributed by atoms with Crippen LogP contribution in [0.15, 0.2) is 54.6 Å². The van der Waals surface area contributed by atoms with E-state index in [0.717, 1.165) is 6.54 Å². The van der Waals surface area contributed by atoms with Gasteiger partial charge in [-0.25, -0.2) is 8.42 Å². The molecule has 0 bridgehead atoms. The van der Waals surface area contributed by atoms with Gasteiger partial charge in [0, 0.05) is 39.3 Å². The molecular weight excluding hydrogens is 402 g/mol. The highest BCUT2D eigenvalue weighted by Crippen LogP contribution is 2.17. The first-order valence-corrected chi connectivity index (χ1v) is 11.8. The molecule has 1 heterocycles. The number of sulfonamides is 1. The Balaban J connectivity index is 1.46. The zero-order valence-electron chi connectivity index (χ0n) is 17.3. The van der Waals surface area contributed by atoms with E-state index < -0.39 is 10.0 Å². The Labute approximate surface area is 178 Å². The molecule has 3 rings (SSSR count). The molecule has 162 valence electrons. The number of nitrogens with zero attached hydrogens (tertiary/aromatic N) is 2. The van der Waals surface area contributed by atoms with E-state index in [2.05, 4.69) is 22.3 Å². The van der Waals surface area contributed by atoms with Crippen LogP contribution >= 0.6 is 0 Å². The Morgan fingerprint density at radius 3 is 2.37 bits per heavy atom. The molecule has 1 amide bonds. The quantitative estimate of drug-likeness (QED) is 0.657. The van der Waals surface area contributed by atoms with E-state index in [9.17, 15) is 13.2 Å². The van der Waals surface area contributed by atoms with Gasteiger partial charge in [-0.15, -0.1) is 0 Å². The third kappa shape index (κ3) is 6.04. The van der Waals surface area contributed by atoms with Crippen LogP contribution in [-0.4, -0.2) is 68.6 Å². The van der Waals surface area contributed by atoms with Crippen LogP contribution in [0, 0.1) is 0 Å². The van der Waals surface area contributed by atoms with Gasteiger partial charge in [0.2, 0.25) is 10.0 Å². The highest BCUT2D eigenvalue weighted by Gasteiger charge is 2.26. The van der Waals surface area contributed by atoms with Crippen LogP contribution in [0.5, 0.6) is 5.75 Å². The molecule has 0 radical (unpaired) electrons. The van der Waals surface area contributed by atoms with Crippen molar-refractivity contribution in [3.05, 3.63) is 65.7 Å². The lowest BCUT2D eigenvalue weighted by Gasteiger charge is -2.34. The Kier molecular flexibility index (Phi) is 7.84. The summed E-state index contributed by atoms with van der Waals surface area (Å²) < 4.78 is 32.3. The molecule has 0 aromatic heterocycles. The molecule has 1 aliphatic rings. The molecule has 1 aliphatic heterocycles. The molecule has 0 spiro atoms. The second kappa shape index (κ2) is 10.6. The van der Waals surface area contributed by atoms with Crippen molar-refractivity contribution in [2.45, 2.75) is 13.5 Å². The lowest BCUT2D eigenvalue weighted by Crippen LogP contribution is -2.49. The van der Waals surface area contributed by atoms with Crippen LogP contribution < -0.4 is 10.1 Å². The van der Waals surface area contributed by atoms with Crippen molar-refractivity contribution >= 4 is 15.9 Å². The normalized spacial score (nSPS) is 15.6. The number of carbonyl (C=O) groups excluding carboxylic acids is 1. The number of para-hydroxylation sites is 1. The van der Waals surface area contributed by atoms with Gasteiger partial charge in [0.25, 0.3) is 5.91 Å². The number of hydrogen-bond acceptors (Lipinski definition) is 5. The predicted octanol–water partition coefficient (Wildman–Crippen LogP) is 1.96. The maximum Gasteiger partial charge on any atom is 0.255 e. The lowest BCUT2D eigenvalue weighted by molar-refractivity contribution is 0.0952. The Morgan fingerprint density at radius 2 is 1.67 bits per heavy atom. The summed E-state index contributed by atoms with van der Waals surface area (Å²) in [5.74, 6) is 0.0469. The smallest absolute Gasteiger partial charge is 0.255 e. The topological polar surface area (TPSA) is 78.9 Å². The highest BCUT2D eigenvalue weighted by atomic mass is 32.2. The van der Waals surface area contributed by atoms with Crippen molar-refractivity contribution in [2.24, 2.45) is 0 Å². The summed E-state index contributed by atoms with van der Waals surface area (Å²) in [5.41, 5.74) is 1.63. The van der Waals surface area contributed by atoms with Gasteiger partial charge in [-0.05, 0) is 24.6 Å². The van der Waals surface area contributed by atoms with Gasteiger partial charge in [0.15, 0.2) is 0 Å². The molecule has 8 heteroatoms. The fourth-order valence-corrected chi connectivity index (χ4v) is 4.80. The molecule has 1 saturated heterocycles. The molecule has 2 aromatic carbocycles. The van der Waals surface area contributed by atoms with Gasteiger partial charge >= 0.3 is 0 Å². The molecule has 1 fully saturated rings. The Bertz CT molecular complexity index is 926. The van der Waals surface area contributed by atoms with E-state index in [0.29, 0.717) is 44.1 Å². The van der Waals surface area contributed by atoms with Crippen LogP contribution in [0.1, 0.15) is 22.8 Å². The number of amides is 1. The van der Waals surface area contributed by atoms with Crippen LogP contribution in [0.2, 0.25) is 0 Å². The number of ether oxygens (including phenoxy) is 1. The second-order valence-corrected chi connectivity index (χ2v) is 9.25. The van der Waals surface area contributed by atoms with Crippen LogP contribution in [0.3, 0.4) is 0 Å². The number of piperazine rings is 1. The summed E-state index contributed by atoms with van der Waals surface area (Å²) in [6, 6.07) is 17.1. The maximum atomic E-state index is 12.7. The van der Waals surface area contributed by atoms with Crippen molar-refractivity contribution in [1.82, 2.24) is 14.5 Å². The Hall–Kier alpha value is -2.42. The molecule has 7 nitrogen and oxygen atoms in total. The van der Waals surface area contributed by atoms with E-state index in [1.54, 1.807) is 24.3 Å². The summed E-state index contributed by atoms with van der Waals surface area (Å²) in [7, 11) is -3.42. The zero-order chi connectivity index (χ0) is 21.4. The number of benzene rings is 2. The molecule has 0 saturated carbocycles. The van der Waals surface area contributed by atoms with Gasteiger partial charge in [-0.1, -0.05) is 42.5 Å². The number of carbonyl (C=O) groups is 1. The van der Waals surface area contributed by atoms with Crippen molar-refractivity contribution < 1.29 is 17.9 Å². The summed E-state index contributed by atoms with van der Waals surface area (Å²) in [4.78, 5) is 14.7. The van der Waals surface area contributed by atoms with Crippen molar-refractivity contribution in [3.8, 4) is 5.75 Å². The zero-order valence-corrected chi connectivity index (χ0v) is 18.1. The minimum atomic E-state index is -3.42.